The molecule has 3 heterocycles. The van der Waals surface area contributed by atoms with E-state index in [4.69, 9.17) is 9.97 Å². The number of hydrogen-bond donors (Lipinski definition) is 0. The second-order valence-corrected chi connectivity index (χ2v) is 8.72. The lowest BCUT2D eigenvalue weighted by Gasteiger charge is -2.29. The number of fused-ring (bicyclic) bond motifs is 3. The second kappa shape index (κ2) is 6.04. The molecule has 1 atom stereocenters. The molecule has 0 radical (unpaired) electrons. The Kier molecular flexibility index (Phi) is 4.04. The van der Waals surface area contributed by atoms with Crippen molar-refractivity contribution in [2.24, 2.45) is 5.92 Å². The van der Waals surface area contributed by atoms with Crippen LogP contribution < -0.4 is 4.90 Å². The fourth-order valence-corrected chi connectivity index (χ4v) is 5.32. The van der Waals surface area contributed by atoms with Gasteiger partial charge in [-0.2, -0.15) is 0 Å². The maximum atomic E-state index is 5.04. The second-order valence-electron chi connectivity index (χ2n) is 7.64. The van der Waals surface area contributed by atoms with Gasteiger partial charge in [-0.15, -0.1) is 11.3 Å². The highest BCUT2D eigenvalue weighted by atomic mass is 32.1. The average Bonchev–Trinajstić information content (AvgIpc) is 2.91. The van der Waals surface area contributed by atoms with Gasteiger partial charge in [0.1, 0.15) is 16.5 Å². The van der Waals surface area contributed by atoms with Crippen molar-refractivity contribution in [3.8, 4) is 0 Å². The molecule has 0 spiro atoms. The van der Waals surface area contributed by atoms with Crippen LogP contribution >= 0.6 is 11.3 Å². The van der Waals surface area contributed by atoms with Gasteiger partial charge in [0.05, 0.1) is 5.39 Å². The smallest absolute Gasteiger partial charge is 0.141 e. The monoisotopic (exact) mass is 329 g/mol. The Bertz CT molecular complexity index is 713. The van der Waals surface area contributed by atoms with Gasteiger partial charge in [0.2, 0.25) is 0 Å². The van der Waals surface area contributed by atoms with Gasteiger partial charge in [-0.3, -0.25) is 0 Å². The third kappa shape index (κ3) is 2.75. The summed E-state index contributed by atoms with van der Waals surface area (Å²) in [6.45, 7) is 9.10. The van der Waals surface area contributed by atoms with Crippen molar-refractivity contribution in [1.29, 1.82) is 0 Å². The summed E-state index contributed by atoms with van der Waals surface area (Å²) >= 11 is 1.94. The molecular formula is C19H27N3S. The third-order valence-corrected chi connectivity index (χ3v) is 6.47. The summed E-state index contributed by atoms with van der Waals surface area (Å²) < 4.78 is 0. The lowest BCUT2D eigenvalue weighted by molar-refractivity contribution is 0.509. The summed E-state index contributed by atoms with van der Waals surface area (Å²) in [6.07, 6.45) is 7.71. The molecule has 2 aliphatic rings. The van der Waals surface area contributed by atoms with Crippen LogP contribution in [-0.4, -0.2) is 23.1 Å². The van der Waals surface area contributed by atoms with E-state index in [0.717, 1.165) is 24.8 Å². The number of rotatable bonds is 2. The van der Waals surface area contributed by atoms with Crippen molar-refractivity contribution in [3.05, 3.63) is 16.3 Å². The molecule has 0 aromatic carbocycles. The Morgan fingerprint density at radius 1 is 1.13 bits per heavy atom. The van der Waals surface area contributed by atoms with E-state index in [0.29, 0.717) is 5.92 Å². The van der Waals surface area contributed by atoms with E-state index in [-0.39, 0.29) is 0 Å². The van der Waals surface area contributed by atoms with Crippen LogP contribution in [0.4, 0.5) is 5.82 Å². The fourth-order valence-electron chi connectivity index (χ4n) is 3.93. The lowest BCUT2D eigenvalue weighted by Crippen LogP contribution is -2.31. The van der Waals surface area contributed by atoms with E-state index in [1.807, 2.05) is 11.3 Å². The zero-order valence-electron chi connectivity index (χ0n) is 14.6. The maximum absolute atomic E-state index is 5.04. The molecule has 4 heteroatoms. The van der Waals surface area contributed by atoms with E-state index in [2.05, 4.69) is 25.7 Å². The van der Waals surface area contributed by atoms with E-state index < -0.39 is 0 Å². The molecule has 0 N–H and O–H groups in total. The first kappa shape index (κ1) is 15.4. The largest absolute Gasteiger partial charge is 0.356 e. The minimum absolute atomic E-state index is 0.390. The summed E-state index contributed by atoms with van der Waals surface area (Å²) in [5.41, 5.74) is 1.57. The molecule has 23 heavy (non-hydrogen) atoms. The first-order valence-electron chi connectivity index (χ1n) is 9.20. The van der Waals surface area contributed by atoms with E-state index in [9.17, 15) is 0 Å². The zero-order chi connectivity index (χ0) is 16.0. The summed E-state index contributed by atoms with van der Waals surface area (Å²) in [5, 5.41) is 1.39. The standard InChI is InChI=1S/C19H27N3S/c1-12(2)17-20-18(22-9-5-4-6-10-22)16-14-8-7-13(3)11-15(14)23-19(16)21-17/h12-13H,4-11H2,1-3H3/t13-/m1/s1. The van der Waals surface area contributed by atoms with Crippen LogP contribution in [0.5, 0.6) is 0 Å². The number of piperidine rings is 1. The number of aromatic nitrogens is 2. The highest BCUT2D eigenvalue weighted by Crippen LogP contribution is 2.41. The molecule has 1 fully saturated rings. The van der Waals surface area contributed by atoms with E-state index >= 15 is 0 Å². The Hall–Kier alpha value is -1.16. The van der Waals surface area contributed by atoms with Crippen LogP contribution in [0.25, 0.3) is 10.2 Å². The van der Waals surface area contributed by atoms with Gasteiger partial charge in [-0.25, -0.2) is 9.97 Å². The van der Waals surface area contributed by atoms with Crippen molar-refractivity contribution in [2.45, 2.75) is 65.2 Å². The first-order chi connectivity index (χ1) is 11.1. The highest BCUT2D eigenvalue weighted by Gasteiger charge is 2.26. The summed E-state index contributed by atoms with van der Waals surface area (Å²) in [5.74, 6) is 3.46. The van der Waals surface area contributed by atoms with Gasteiger partial charge in [-0.05, 0) is 50.0 Å². The van der Waals surface area contributed by atoms with Crippen molar-refractivity contribution in [3.63, 3.8) is 0 Å². The summed E-state index contributed by atoms with van der Waals surface area (Å²) in [7, 11) is 0. The maximum Gasteiger partial charge on any atom is 0.141 e. The van der Waals surface area contributed by atoms with Gasteiger partial charge < -0.3 is 4.90 Å². The van der Waals surface area contributed by atoms with Gasteiger partial charge in [0.15, 0.2) is 0 Å². The number of thiophene rings is 1. The van der Waals surface area contributed by atoms with E-state index in [1.165, 1.54) is 54.6 Å². The molecule has 3 nitrogen and oxygen atoms in total. The van der Waals surface area contributed by atoms with Crippen molar-refractivity contribution >= 4 is 27.4 Å². The SMILES string of the molecule is CC(C)c1nc(N2CCCCC2)c2c3c(sc2n1)C[C@H](C)CC3. The van der Waals surface area contributed by atoms with Gasteiger partial charge in [0.25, 0.3) is 0 Å². The molecule has 1 aliphatic carbocycles. The summed E-state index contributed by atoms with van der Waals surface area (Å²) in [6, 6.07) is 0. The third-order valence-electron chi connectivity index (χ3n) is 5.33. The van der Waals surface area contributed by atoms with Crippen molar-refractivity contribution in [2.75, 3.05) is 18.0 Å². The molecule has 0 unspecified atom stereocenters. The molecule has 2 aromatic heterocycles. The topological polar surface area (TPSA) is 29.0 Å². The van der Waals surface area contributed by atoms with Crippen LogP contribution in [0.15, 0.2) is 0 Å². The predicted molar refractivity (Wildman–Crippen MR) is 98.8 cm³/mol. The first-order valence-corrected chi connectivity index (χ1v) is 10.0. The molecule has 124 valence electrons. The molecule has 4 rings (SSSR count). The van der Waals surface area contributed by atoms with E-state index in [1.54, 1.807) is 10.4 Å². The van der Waals surface area contributed by atoms with Gasteiger partial charge in [-0.1, -0.05) is 20.8 Å². The number of nitrogens with zero attached hydrogens (tertiary/aromatic N) is 3. The average molecular weight is 330 g/mol. The Morgan fingerprint density at radius 3 is 2.65 bits per heavy atom. The highest BCUT2D eigenvalue weighted by molar-refractivity contribution is 7.19. The van der Waals surface area contributed by atoms with Crippen LogP contribution in [-0.2, 0) is 12.8 Å². The molecular weight excluding hydrogens is 302 g/mol. The molecule has 0 bridgehead atoms. The quantitative estimate of drug-likeness (QED) is 0.782. The summed E-state index contributed by atoms with van der Waals surface area (Å²) in [4.78, 5) is 15.3. The van der Waals surface area contributed by atoms with Crippen LogP contribution in [0.2, 0.25) is 0 Å². The molecule has 0 amide bonds. The van der Waals surface area contributed by atoms with Gasteiger partial charge in [0, 0.05) is 23.9 Å². The molecule has 1 aliphatic heterocycles. The molecule has 1 saturated heterocycles. The predicted octanol–water partition coefficient (Wildman–Crippen LogP) is 4.93. The fraction of sp³-hybridized carbons (Fsp3) is 0.684. The Labute approximate surface area is 143 Å². The van der Waals surface area contributed by atoms with Crippen LogP contribution in [0.3, 0.4) is 0 Å². The van der Waals surface area contributed by atoms with Crippen LogP contribution in [0.1, 0.15) is 68.6 Å². The van der Waals surface area contributed by atoms with Crippen LogP contribution in [0, 0.1) is 5.92 Å². The number of hydrogen-bond acceptors (Lipinski definition) is 4. The Morgan fingerprint density at radius 2 is 1.91 bits per heavy atom. The molecule has 0 saturated carbocycles. The van der Waals surface area contributed by atoms with Crippen molar-refractivity contribution < 1.29 is 0 Å². The van der Waals surface area contributed by atoms with Gasteiger partial charge >= 0.3 is 0 Å². The Balaban J connectivity index is 1.90. The number of aryl methyl sites for hydroxylation is 1. The lowest BCUT2D eigenvalue weighted by atomic mass is 9.89. The minimum atomic E-state index is 0.390. The minimum Gasteiger partial charge on any atom is -0.356 e. The normalized spacial score (nSPS) is 21.9. The number of anilines is 1. The molecule has 2 aromatic rings. The zero-order valence-corrected chi connectivity index (χ0v) is 15.4. The van der Waals surface area contributed by atoms with Crippen molar-refractivity contribution in [1.82, 2.24) is 9.97 Å².